The van der Waals surface area contributed by atoms with E-state index in [1.807, 2.05) is 0 Å². The number of carbonyl (C=O) groups is 1. The minimum absolute atomic E-state index is 0.505. The average molecular weight is 111 g/mol. The van der Waals surface area contributed by atoms with Gasteiger partial charge in [0, 0.05) is 0 Å². The van der Waals surface area contributed by atoms with Crippen LogP contribution >= 0.6 is 0 Å². The van der Waals surface area contributed by atoms with Gasteiger partial charge in [0.1, 0.15) is 5.94 Å². The van der Waals surface area contributed by atoms with E-state index in [1.165, 1.54) is 12.1 Å². The molecule has 0 fully saturated rings. The molecule has 3 heteroatoms. The summed E-state index contributed by atoms with van der Waals surface area (Å²) in [6, 6.07) is 0. The summed E-state index contributed by atoms with van der Waals surface area (Å²) in [6.07, 6.45) is 1.94. The number of amides is 1. The Morgan fingerprint density at radius 2 is 2.38 bits per heavy atom. The Kier molecular flexibility index (Phi) is 3.19. The van der Waals surface area contributed by atoms with Gasteiger partial charge in [-0.2, -0.15) is 0 Å². The molecule has 0 aromatic carbocycles. The van der Waals surface area contributed by atoms with Gasteiger partial charge in [0.2, 0.25) is 0 Å². The van der Waals surface area contributed by atoms with Crippen LogP contribution in [0.5, 0.6) is 0 Å². The lowest BCUT2D eigenvalue weighted by Gasteiger charge is -1.84. The summed E-state index contributed by atoms with van der Waals surface area (Å²) >= 11 is 0. The van der Waals surface area contributed by atoms with E-state index in [2.05, 4.69) is 11.9 Å². The Hall–Kier alpha value is -1.34. The van der Waals surface area contributed by atoms with Crippen LogP contribution in [0.2, 0.25) is 0 Å². The lowest BCUT2D eigenvalue weighted by molar-refractivity contribution is -0.115. The van der Waals surface area contributed by atoms with Crippen LogP contribution in [0.3, 0.4) is 0 Å². The fraction of sp³-hybridized carbons (Fsp3) is 0. The first-order valence-corrected chi connectivity index (χ1v) is 1.93. The van der Waals surface area contributed by atoms with Crippen LogP contribution < -0.4 is 5.32 Å². The Morgan fingerprint density at radius 3 is 2.75 bits per heavy atom. The summed E-state index contributed by atoms with van der Waals surface area (Å²) in [5, 5.41) is 2.15. The number of rotatable bonds is 2. The lowest BCUT2D eigenvalue weighted by Crippen LogP contribution is -2.12. The minimum atomic E-state index is -0.505. The number of hydrogen-bond acceptors (Lipinski definition) is 2. The second-order valence-corrected chi connectivity index (χ2v) is 0.975. The summed E-state index contributed by atoms with van der Waals surface area (Å²) in [6.45, 7) is 3.20. The van der Waals surface area contributed by atoms with Gasteiger partial charge in [-0.05, 0) is 6.20 Å². The van der Waals surface area contributed by atoms with E-state index in [1.54, 1.807) is 0 Å². The molecule has 3 nitrogen and oxygen atoms in total. The minimum Gasteiger partial charge on any atom is -0.329 e. The van der Waals surface area contributed by atoms with Crippen molar-refractivity contribution in [3.8, 4) is 0 Å². The molecular weight excluding hydrogens is 106 g/mol. The lowest BCUT2D eigenvalue weighted by atomic mass is 10.6. The number of carbonyl (C=O) groups excluding carboxylic acids is 2. The van der Waals surface area contributed by atoms with E-state index in [9.17, 15) is 9.59 Å². The van der Waals surface area contributed by atoms with Gasteiger partial charge in [-0.15, -0.1) is 0 Å². The van der Waals surface area contributed by atoms with Gasteiger partial charge in [-0.3, -0.25) is 4.79 Å². The Balaban J connectivity index is 3.65. The van der Waals surface area contributed by atoms with Crippen molar-refractivity contribution in [3.63, 3.8) is 0 Å². The summed E-state index contributed by atoms with van der Waals surface area (Å²) in [5.41, 5.74) is 0. The standard InChI is InChI=1S/C5H5NO2/c1-2-6-5(8)3-4-7/h2-3H,1H2,(H,6,8). The van der Waals surface area contributed by atoms with E-state index in [0.717, 1.165) is 6.08 Å². The van der Waals surface area contributed by atoms with Gasteiger partial charge in [0.25, 0.3) is 5.91 Å². The predicted octanol–water partition coefficient (Wildman–Crippen LogP) is -0.366. The quantitative estimate of drug-likeness (QED) is 0.390. The monoisotopic (exact) mass is 111 g/mol. The van der Waals surface area contributed by atoms with Crippen LogP contribution in [0.25, 0.3) is 0 Å². The molecule has 1 N–H and O–H groups in total. The molecule has 1 amide bonds. The molecule has 0 aliphatic heterocycles. The van der Waals surface area contributed by atoms with E-state index in [-0.39, 0.29) is 0 Å². The molecule has 0 spiro atoms. The van der Waals surface area contributed by atoms with Crippen molar-refractivity contribution in [1.82, 2.24) is 5.32 Å². The third-order valence-corrected chi connectivity index (χ3v) is 0.434. The summed E-state index contributed by atoms with van der Waals surface area (Å²) in [5.74, 6) is 0.813. The molecule has 0 aliphatic carbocycles. The molecule has 0 heterocycles. The molecule has 0 unspecified atom stereocenters. The first-order chi connectivity index (χ1) is 3.81. The maximum Gasteiger partial charge on any atom is 0.258 e. The normalized spacial score (nSPS) is 6.50. The molecular formula is C5H5NO2. The van der Waals surface area contributed by atoms with Crippen molar-refractivity contribution in [1.29, 1.82) is 0 Å². The van der Waals surface area contributed by atoms with Gasteiger partial charge in [-0.25, -0.2) is 4.79 Å². The Bertz CT molecular complexity index is 145. The number of hydrogen-bond donors (Lipinski definition) is 1. The smallest absolute Gasteiger partial charge is 0.258 e. The molecule has 0 rings (SSSR count). The van der Waals surface area contributed by atoms with Crippen LogP contribution in [-0.4, -0.2) is 11.8 Å². The zero-order valence-corrected chi connectivity index (χ0v) is 4.18. The molecule has 0 saturated heterocycles. The van der Waals surface area contributed by atoms with Crippen LogP contribution in [0, 0.1) is 0 Å². The molecule has 0 aromatic rings. The highest BCUT2D eigenvalue weighted by Gasteiger charge is 1.85. The van der Waals surface area contributed by atoms with Gasteiger partial charge in [0.15, 0.2) is 0 Å². The zero-order chi connectivity index (χ0) is 6.41. The molecule has 0 aromatic heterocycles. The third-order valence-electron chi connectivity index (χ3n) is 0.434. The first-order valence-electron chi connectivity index (χ1n) is 1.93. The van der Waals surface area contributed by atoms with E-state index < -0.39 is 5.91 Å². The Labute approximate surface area is 46.7 Å². The largest absolute Gasteiger partial charge is 0.329 e. The summed E-state index contributed by atoms with van der Waals surface area (Å²) in [7, 11) is 0. The molecule has 8 heavy (non-hydrogen) atoms. The van der Waals surface area contributed by atoms with Gasteiger partial charge >= 0.3 is 0 Å². The molecule has 0 bridgehead atoms. The van der Waals surface area contributed by atoms with Crippen LogP contribution in [0.15, 0.2) is 18.9 Å². The van der Waals surface area contributed by atoms with Crippen molar-refractivity contribution in [2.75, 3.05) is 0 Å². The third kappa shape index (κ3) is 2.87. The maximum absolute atomic E-state index is 10.1. The highest BCUT2D eigenvalue weighted by atomic mass is 16.2. The van der Waals surface area contributed by atoms with Gasteiger partial charge in [-0.1, -0.05) is 6.58 Å². The highest BCUT2D eigenvalue weighted by molar-refractivity contribution is 5.94. The van der Waals surface area contributed by atoms with Crippen molar-refractivity contribution in [3.05, 3.63) is 18.9 Å². The first kappa shape index (κ1) is 6.66. The zero-order valence-electron chi connectivity index (χ0n) is 4.18. The van der Waals surface area contributed by atoms with E-state index >= 15 is 0 Å². The van der Waals surface area contributed by atoms with E-state index in [4.69, 9.17) is 0 Å². The predicted molar refractivity (Wildman–Crippen MR) is 28.6 cm³/mol. The number of nitrogens with one attached hydrogen (secondary N) is 1. The van der Waals surface area contributed by atoms with Crippen molar-refractivity contribution < 1.29 is 9.59 Å². The van der Waals surface area contributed by atoms with Crippen molar-refractivity contribution in [2.24, 2.45) is 0 Å². The molecule has 42 valence electrons. The molecule has 0 saturated carbocycles. The van der Waals surface area contributed by atoms with E-state index in [0.29, 0.717) is 0 Å². The Morgan fingerprint density at radius 1 is 1.75 bits per heavy atom. The maximum atomic E-state index is 10.1. The summed E-state index contributed by atoms with van der Waals surface area (Å²) < 4.78 is 0. The average Bonchev–Trinajstić information content (AvgIpc) is 1.68. The fourth-order valence-corrected chi connectivity index (χ4v) is 0.196. The van der Waals surface area contributed by atoms with Gasteiger partial charge < -0.3 is 5.32 Å². The van der Waals surface area contributed by atoms with Crippen LogP contribution in [0.4, 0.5) is 0 Å². The van der Waals surface area contributed by atoms with Gasteiger partial charge in [0.05, 0.1) is 6.08 Å². The molecule has 0 atom stereocenters. The van der Waals surface area contributed by atoms with Crippen LogP contribution in [-0.2, 0) is 9.59 Å². The van der Waals surface area contributed by atoms with Crippen molar-refractivity contribution >= 4 is 11.8 Å². The van der Waals surface area contributed by atoms with Crippen molar-refractivity contribution in [2.45, 2.75) is 0 Å². The topological polar surface area (TPSA) is 46.2 Å². The second kappa shape index (κ2) is 3.84. The second-order valence-electron chi connectivity index (χ2n) is 0.975. The highest BCUT2D eigenvalue weighted by Crippen LogP contribution is 1.61. The molecule has 0 aliphatic rings. The fourth-order valence-electron chi connectivity index (χ4n) is 0.196. The summed E-state index contributed by atoms with van der Waals surface area (Å²) in [4.78, 5) is 19.6. The van der Waals surface area contributed by atoms with Crippen LogP contribution in [0.1, 0.15) is 0 Å². The molecule has 0 radical (unpaired) electrons. The SMILES string of the molecule is C=CNC(=O)C=C=O.